The predicted molar refractivity (Wildman–Crippen MR) is 80.9 cm³/mol. The van der Waals surface area contributed by atoms with Crippen LogP contribution in [-0.2, 0) is 6.54 Å². The number of aromatic nitrogens is 2. The second-order valence-corrected chi connectivity index (χ2v) is 4.89. The maximum Gasteiger partial charge on any atom is 0.258 e. The number of fused-ring (bicyclic) bond motifs is 1. The molecule has 2 N–H and O–H groups in total. The van der Waals surface area contributed by atoms with Crippen LogP contribution in [0.1, 0.15) is 31.0 Å². The van der Waals surface area contributed by atoms with Crippen LogP contribution in [0.2, 0.25) is 0 Å². The molecule has 21 heavy (non-hydrogen) atoms. The van der Waals surface area contributed by atoms with E-state index in [0.717, 1.165) is 17.7 Å². The lowest BCUT2D eigenvalue weighted by Crippen LogP contribution is -2.25. The highest BCUT2D eigenvalue weighted by Gasteiger charge is 2.13. The standard InChI is InChI=1S/C16H17N3O2/c1-2-13(17-10-11-6-5-9-21-11)15-18-14-8-4-3-7-12(14)16(20)19-15/h3-9,13,17H,2,10H2,1H3,(H,18,19,20)/t13-/m0/s1. The lowest BCUT2D eigenvalue weighted by molar-refractivity contribution is 0.433. The average molecular weight is 283 g/mol. The monoisotopic (exact) mass is 283 g/mol. The van der Waals surface area contributed by atoms with Gasteiger partial charge in [-0.1, -0.05) is 19.1 Å². The number of nitrogens with one attached hydrogen (secondary N) is 2. The molecule has 108 valence electrons. The van der Waals surface area contributed by atoms with Crippen molar-refractivity contribution < 1.29 is 4.42 Å². The van der Waals surface area contributed by atoms with E-state index >= 15 is 0 Å². The van der Waals surface area contributed by atoms with Crippen molar-refractivity contribution in [3.05, 3.63) is 64.6 Å². The van der Waals surface area contributed by atoms with Gasteiger partial charge in [0.15, 0.2) is 0 Å². The summed E-state index contributed by atoms with van der Waals surface area (Å²) in [6.07, 6.45) is 2.47. The van der Waals surface area contributed by atoms with Gasteiger partial charge in [-0.25, -0.2) is 4.98 Å². The third-order valence-electron chi connectivity index (χ3n) is 3.47. The Hall–Kier alpha value is -2.40. The van der Waals surface area contributed by atoms with Crippen molar-refractivity contribution in [2.24, 2.45) is 0 Å². The maximum absolute atomic E-state index is 12.1. The summed E-state index contributed by atoms with van der Waals surface area (Å²) < 4.78 is 5.30. The van der Waals surface area contributed by atoms with Crippen LogP contribution in [0.4, 0.5) is 0 Å². The molecule has 0 spiro atoms. The molecule has 0 saturated carbocycles. The Kier molecular flexibility index (Phi) is 3.83. The summed E-state index contributed by atoms with van der Waals surface area (Å²) in [5.41, 5.74) is 0.614. The van der Waals surface area contributed by atoms with Gasteiger partial charge in [-0.2, -0.15) is 0 Å². The zero-order valence-electron chi connectivity index (χ0n) is 11.8. The number of rotatable bonds is 5. The summed E-state index contributed by atoms with van der Waals surface area (Å²) in [4.78, 5) is 19.5. The smallest absolute Gasteiger partial charge is 0.258 e. The Bertz CT molecular complexity index is 778. The van der Waals surface area contributed by atoms with Crippen LogP contribution in [0.25, 0.3) is 10.9 Å². The molecular weight excluding hydrogens is 266 g/mol. The lowest BCUT2D eigenvalue weighted by Gasteiger charge is -2.15. The highest BCUT2D eigenvalue weighted by molar-refractivity contribution is 5.77. The number of nitrogens with zero attached hydrogens (tertiary/aromatic N) is 1. The maximum atomic E-state index is 12.1. The molecule has 0 amide bonds. The molecule has 5 nitrogen and oxygen atoms in total. The van der Waals surface area contributed by atoms with Crippen molar-refractivity contribution >= 4 is 10.9 Å². The van der Waals surface area contributed by atoms with Gasteiger partial charge in [0.2, 0.25) is 0 Å². The van der Waals surface area contributed by atoms with Crippen molar-refractivity contribution in [2.75, 3.05) is 0 Å². The van der Waals surface area contributed by atoms with Crippen LogP contribution < -0.4 is 10.9 Å². The average Bonchev–Trinajstić information content (AvgIpc) is 3.01. The number of H-pyrrole nitrogens is 1. The normalized spacial score (nSPS) is 12.6. The fraction of sp³-hybridized carbons (Fsp3) is 0.250. The van der Waals surface area contributed by atoms with E-state index in [0.29, 0.717) is 17.8 Å². The Balaban J connectivity index is 1.88. The molecule has 0 aliphatic rings. The summed E-state index contributed by atoms with van der Waals surface area (Å²) >= 11 is 0. The minimum Gasteiger partial charge on any atom is -0.468 e. The molecule has 3 aromatic rings. The number of hydrogen-bond acceptors (Lipinski definition) is 4. The summed E-state index contributed by atoms with van der Waals surface area (Å²) in [6.45, 7) is 2.65. The summed E-state index contributed by atoms with van der Waals surface area (Å²) in [5, 5.41) is 3.97. The summed E-state index contributed by atoms with van der Waals surface area (Å²) in [7, 11) is 0. The van der Waals surface area contributed by atoms with Crippen molar-refractivity contribution in [3.63, 3.8) is 0 Å². The van der Waals surface area contributed by atoms with Crippen LogP contribution in [0.15, 0.2) is 51.9 Å². The molecule has 0 radical (unpaired) electrons. The highest BCUT2D eigenvalue weighted by Crippen LogP contribution is 2.15. The van der Waals surface area contributed by atoms with Crippen LogP contribution in [0.3, 0.4) is 0 Å². The zero-order valence-corrected chi connectivity index (χ0v) is 11.8. The van der Waals surface area contributed by atoms with Gasteiger partial charge in [0.1, 0.15) is 11.6 Å². The van der Waals surface area contributed by atoms with E-state index in [-0.39, 0.29) is 11.6 Å². The van der Waals surface area contributed by atoms with Gasteiger partial charge in [0.05, 0.1) is 29.8 Å². The first-order valence-corrected chi connectivity index (χ1v) is 7.02. The van der Waals surface area contributed by atoms with Gasteiger partial charge in [-0.15, -0.1) is 0 Å². The van der Waals surface area contributed by atoms with Crippen LogP contribution >= 0.6 is 0 Å². The molecule has 0 unspecified atom stereocenters. The molecule has 5 heteroatoms. The summed E-state index contributed by atoms with van der Waals surface area (Å²) in [6, 6.07) is 11.1. The molecule has 0 aliphatic carbocycles. The van der Waals surface area contributed by atoms with Gasteiger partial charge < -0.3 is 14.7 Å². The van der Waals surface area contributed by atoms with E-state index < -0.39 is 0 Å². The number of benzene rings is 1. The molecule has 1 aromatic carbocycles. The van der Waals surface area contributed by atoms with Gasteiger partial charge >= 0.3 is 0 Å². The number of furan rings is 1. The van der Waals surface area contributed by atoms with Gasteiger partial charge in [-0.05, 0) is 30.7 Å². The third-order valence-corrected chi connectivity index (χ3v) is 3.47. The van der Waals surface area contributed by atoms with E-state index in [2.05, 4.69) is 22.2 Å². The Morgan fingerprint density at radius 3 is 2.90 bits per heavy atom. The van der Waals surface area contributed by atoms with Crippen molar-refractivity contribution in [3.8, 4) is 0 Å². The Morgan fingerprint density at radius 2 is 2.14 bits per heavy atom. The minimum atomic E-state index is -0.103. The third kappa shape index (κ3) is 2.87. The van der Waals surface area contributed by atoms with E-state index in [1.165, 1.54) is 0 Å². The molecule has 0 aliphatic heterocycles. The Morgan fingerprint density at radius 1 is 1.29 bits per heavy atom. The zero-order chi connectivity index (χ0) is 14.7. The molecular formula is C16H17N3O2. The summed E-state index contributed by atoms with van der Waals surface area (Å²) in [5.74, 6) is 1.52. The second-order valence-electron chi connectivity index (χ2n) is 4.89. The van der Waals surface area contributed by atoms with E-state index in [1.54, 1.807) is 12.3 Å². The minimum absolute atomic E-state index is 0.0209. The quantitative estimate of drug-likeness (QED) is 0.755. The van der Waals surface area contributed by atoms with Gasteiger partial charge in [0.25, 0.3) is 5.56 Å². The van der Waals surface area contributed by atoms with E-state index in [9.17, 15) is 4.79 Å². The predicted octanol–water partition coefficient (Wildman–Crippen LogP) is 2.76. The van der Waals surface area contributed by atoms with Crippen LogP contribution in [0, 0.1) is 0 Å². The number of hydrogen-bond donors (Lipinski definition) is 2. The number of para-hydroxylation sites is 1. The van der Waals surface area contributed by atoms with Crippen molar-refractivity contribution in [2.45, 2.75) is 25.9 Å². The van der Waals surface area contributed by atoms with Crippen LogP contribution in [0.5, 0.6) is 0 Å². The SMILES string of the molecule is CC[C@H](NCc1ccco1)c1nc2ccccc2c(=O)[nH]1. The fourth-order valence-electron chi connectivity index (χ4n) is 2.34. The highest BCUT2D eigenvalue weighted by atomic mass is 16.3. The van der Waals surface area contributed by atoms with Crippen LogP contribution in [-0.4, -0.2) is 9.97 Å². The first-order valence-electron chi connectivity index (χ1n) is 7.02. The molecule has 2 aromatic heterocycles. The van der Waals surface area contributed by atoms with Gasteiger partial charge in [0, 0.05) is 0 Å². The van der Waals surface area contributed by atoms with E-state index in [1.807, 2.05) is 30.3 Å². The molecule has 0 fully saturated rings. The Labute approximate surface area is 122 Å². The molecule has 1 atom stereocenters. The number of aromatic amines is 1. The first-order chi connectivity index (χ1) is 10.3. The lowest BCUT2D eigenvalue weighted by atomic mass is 10.2. The van der Waals surface area contributed by atoms with E-state index in [4.69, 9.17) is 4.42 Å². The fourth-order valence-corrected chi connectivity index (χ4v) is 2.34. The molecule has 0 bridgehead atoms. The molecule has 3 rings (SSSR count). The first kappa shape index (κ1) is 13.6. The molecule has 0 saturated heterocycles. The topological polar surface area (TPSA) is 70.9 Å². The van der Waals surface area contributed by atoms with Gasteiger partial charge in [-0.3, -0.25) is 4.79 Å². The second kappa shape index (κ2) is 5.93. The van der Waals surface area contributed by atoms with Crippen molar-refractivity contribution in [1.29, 1.82) is 0 Å². The molecule has 2 heterocycles. The largest absolute Gasteiger partial charge is 0.468 e. The van der Waals surface area contributed by atoms with Crippen molar-refractivity contribution in [1.82, 2.24) is 15.3 Å².